The first-order valence-electron chi connectivity index (χ1n) is 10.1. The molecule has 1 aromatic carbocycles. The van der Waals surface area contributed by atoms with Gasteiger partial charge in [-0.2, -0.15) is 5.26 Å². The Morgan fingerprint density at radius 3 is 2.94 bits per heavy atom. The molecule has 0 radical (unpaired) electrons. The Bertz CT molecular complexity index is 1540. The quantitative estimate of drug-likeness (QED) is 0.518. The van der Waals surface area contributed by atoms with Gasteiger partial charge < -0.3 is 14.5 Å². The van der Waals surface area contributed by atoms with Crippen LogP contribution in [0, 0.1) is 18.3 Å². The number of aromatic nitrogens is 4. The van der Waals surface area contributed by atoms with Crippen LogP contribution in [0.25, 0.3) is 16.6 Å². The zero-order chi connectivity index (χ0) is 22.1. The topological polar surface area (TPSA) is 130 Å². The second-order valence-corrected chi connectivity index (χ2v) is 8.03. The first-order valence-corrected chi connectivity index (χ1v) is 10.1. The van der Waals surface area contributed by atoms with Crippen LogP contribution in [0.15, 0.2) is 45.8 Å². The molecule has 0 aliphatic carbocycles. The average molecular weight is 428 g/mol. The van der Waals surface area contributed by atoms with Gasteiger partial charge in [0.15, 0.2) is 5.69 Å². The van der Waals surface area contributed by atoms with E-state index in [0.717, 1.165) is 0 Å². The molecular weight excluding hydrogens is 412 g/mol. The molecule has 1 N–H and O–H groups in total. The molecule has 2 aliphatic rings. The van der Waals surface area contributed by atoms with Crippen molar-refractivity contribution < 1.29 is 14.4 Å². The van der Waals surface area contributed by atoms with E-state index in [0.29, 0.717) is 46.6 Å². The molecule has 32 heavy (non-hydrogen) atoms. The summed E-state index contributed by atoms with van der Waals surface area (Å²) in [5.74, 6) is 0.0179. The maximum absolute atomic E-state index is 13.4. The summed E-state index contributed by atoms with van der Waals surface area (Å²) in [5.41, 5.74) is 1.48. The Kier molecular flexibility index (Phi) is 3.62. The number of aromatic hydroxyl groups is 1. The number of amides is 1. The van der Waals surface area contributed by atoms with Crippen molar-refractivity contribution in [2.45, 2.75) is 25.4 Å². The number of imidazole rings is 1. The molecule has 1 amide bonds. The van der Waals surface area contributed by atoms with Gasteiger partial charge in [-0.1, -0.05) is 5.16 Å². The first-order chi connectivity index (χ1) is 15.5. The normalized spacial score (nSPS) is 18.8. The average Bonchev–Trinajstić information content (AvgIpc) is 3.56. The molecular formula is C22H16N6O4. The molecule has 2 aliphatic heterocycles. The van der Waals surface area contributed by atoms with Crippen LogP contribution in [-0.2, 0) is 0 Å². The number of hydrogen-bond acceptors (Lipinski definition) is 7. The van der Waals surface area contributed by atoms with Gasteiger partial charge in [0.1, 0.15) is 17.5 Å². The first kappa shape index (κ1) is 18.4. The lowest BCUT2D eigenvalue weighted by Gasteiger charge is -2.26. The van der Waals surface area contributed by atoms with Crippen molar-refractivity contribution in [3.8, 4) is 17.6 Å². The molecule has 4 aromatic rings. The molecule has 3 aromatic heterocycles. The number of likely N-dealkylation sites (tertiary alicyclic amines) is 1. The van der Waals surface area contributed by atoms with Gasteiger partial charge in [0, 0.05) is 24.2 Å². The van der Waals surface area contributed by atoms with Crippen molar-refractivity contribution in [3.05, 3.63) is 69.7 Å². The van der Waals surface area contributed by atoms with Crippen molar-refractivity contribution in [2.75, 3.05) is 6.54 Å². The molecule has 6 rings (SSSR count). The van der Waals surface area contributed by atoms with Crippen molar-refractivity contribution in [3.63, 3.8) is 0 Å². The minimum atomic E-state index is -0.443. The Morgan fingerprint density at radius 2 is 2.19 bits per heavy atom. The maximum Gasteiger partial charge on any atom is 0.336 e. The van der Waals surface area contributed by atoms with E-state index >= 15 is 0 Å². The number of nitrogens with zero attached hydrogens (tertiary/aromatic N) is 6. The van der Waals surface area contributed by atoms with Gasteiger partial charge in [-0.15, -0.1) is 0 Å². The Balaban J connectivity index is 1.50. The second kappa shape index (κ2) is 6.31. The Labute approximate surface area is 180 Å². The van der Waals surface area contributed by atoms with E-state index in [9.17, 15) is 20.0 Å². The third kappa shape index (κ3) is 2.27. The molecule has 1 fully saturated rings. The second-order valence-electron chi connectivity index (χ2n) is 8.03. The van der Waals surface area contributed by atoms with Crippen LogP contribution in [0.1, 0.15) is 46.0 Å². The van der Waals surface area contributed by atoms with Crippen LogP contribution in [-0.4, -0.2) is 41.7 Å². The van der Waals surface area contributed by atoms with E-state index in [1.807, 2.05) is 0 Å². The molecule has 1 saturated heterocycles. The summed E-state index contributed by atoms with van der Waals surface area (Å²) in [7, 11) is 0. The zero-order valence-corrected chi connectivity index (χ0v) is 16.9. The smallest absolute Gasteiger partial charge is 0.336 e. The van der Waals surface area contributed by atoms with Crippen molar-refractivity contribution in [1.29, 1.82) is 5.26 Å². The van der Waals surface area contributed by atoms with Crippen LogP contribution in [0.2, 0.25) is 0 Å². The van der Waals surface area contributed by atoms with E-state index in [1.165, 1.54) is 4.57 Å². The van der Waals surface area contributed by atoms with E-state index in [2.05, 4.69) is 16.2 Å². The highest BCUT2D eigenvalue weighted by atomic mass is 16.5. The molecule has 2 bridgehead atoms. The third-order valence-electron chi connectivity index (χ3n) is 6.27. The van der Waals surface area contributed by atoms with Gasteiger partial charge in [0.25, 0.3) is 5.91 Å². The van der Waals surface area contributed by atoms with Crippen molar-refractivity contribution in [2.24, 2.45) is 0 Å². The predicted octanol–water partition coefficient (Wildman–Crippen LogP) is 2.20. The standard InChI is InChI=1S/C22H16N6O4/c1-11-7-15(25-32-11)20(29)26-10-13-8-17(26)19-21(30)28(22(31)27(13)19)16-5-4-12(9-23)18-14(16)3-2-6-24-18/h2-7,13,17,30H,8,10H2,1H3/t13-,17?/m1/s1. The lowest BCUT2D eigenvalue weighted by Crippen LogP contribution is -2.38. The van der Waals surface area contributed by atoms with Gasteiger partial charge in [0.05, 0.1) is 28.9 Å². The molecule has 158 valence electrons. The van der Waals surface area contributed by atoms with Crippen LogP contribution >= 0.6 is 0 Å². The minimum Gasteiger partial charge on any atom is -0.493 e. The lowest BCUT2D eigenvalue weighted by atomic mass is 10.1. The summed E-state index contributed by atoms with van der Waals surface area (Å²) in [5, 5.41) is 24.9. The predicted molar refractivity (Wildman–Crippen MR) is 110 cm³/mol. The third-order valence-corrected chi connectivity index (χ3v) is 6.27. The molecule has 5 heterocycles. The zero-order valence-electron chi connectivity index (χ0n) is 16.9. The summed E-state index contributed by atoms with van der Waals surface area (Å²) in [4.78, 5) is 32.2. The number of aryl methyl sites for hydroxylation is 1. The highest BCUT2D eigenvalue weighted by Crippen LogP contribution is 2.49. The SMILES string of the molecule is Cc1cc(C(=O)N2C[C@H]3CC2c2c(O)n(-c4ccc(C#N)c5ncccc45)c(=O)n23)no1. The number of carbonyl (C=O) groups excluding carboxylic acids is 1. The van der Waals surface area contributed by atoms with E-state index in [-0.39, 0.29) is 29.2 Å². The Morgan fingerprint density at radius 1 is 1.34 bits per heavy atom. The fourth-order valence-electron chi connectivity index (χ4n) is 4.94. The number of fused-ring (bicyclic) bond motifs is 6. The number of rotatable bonds is 2. The van der Waals surface area contributed by atoms with Gasteiger partial charge in [-0.3, -0.25) is 14.3 Å². The summed E-state index contributed by atoms with van der Waals surface area (Å²) < 4.78 is 7.82. The fraction of sp³-hybridized carbons (Fsp3) is 0.227. The van der Waals surface area contributed by atoms with Crippen molar-refractivity contribution >= 4 is 16.8 Å². The maximum atomic E-state index is 13.4. The molecule has 2 atom stereocenters. The van der Waals surface area contributed by atoms with E-state index < -0.39 is 6.04 Å². The summed E-state index contributed by atoms with van der Waals surface area (Å²) >= 11 is 0. The Hall–Kier alpha value is -4.39. The van der Waals surface area contributed by atoms with Gasteiger partial charge in [-0.25, -0.2) is 9.36 Å². The van der Waals surface area contributed by atoms with Crippen LogP contribution < -0.4 is 5.69 Å². The van der Waals surface area contributed by atoms with E-state index in [1.54, 1.807) is 52.9 Å². The highest BCUT2D eigenvalue weighted by molar-refractivity contribution is 5.93. The number of carbonyl (C=O) groups is 1. The molecule has 0 spiro atoms. The largest absolute Gasteiger partial charge is 0.493 e. The van der Waals surface area contributed by atoms with Crippen LogP contribution in [0.3, 0.4) is 0 Å². The minimum absolute atomic E-state index is 0.201. The van der Waals surface area contributed by atoms with Crippen LogP contribution in [0.4, 0.5) is 0 Å². The molecule has 10 heteroatoms. The number of nitriles is 1. The summed E-state index contributed by atoms with van der Waals surface area (Å²) in [6, 6.07) is 9.66. The monoisotopic (exact) mass is 428 g/mol. The summed E-state index contributed by atoms with van der Waals surface area (Å²) in [6.45, 7) is 2.06. The van der Waals surface area contributed by atoms with E-state index in [4.69, 9.17) is 4.52 Å². The number of hydrogen-bond donors (Lipinski definition) is 1. The van der Waals surface area contributed by atoms with Gasteiger partial charge >= 0.3 is 5.69 Å². The van der Waals surface area contributed by atoms with Gasteiger partial charge in [-0.05, 0) is 37.6 Å². The fourth-order valence-corrected chi connectivity index (χ4v) is 4.94. The lowest BCUT2D eigenvalue weighted by molar-refractivity contribution is 0.0700. The van der Waals surface area contributed by atoms with Crippen LogP contribution in [0.5, 0.6) is 5.88 Å². The number of pyridine rings is 1. The highest BCUT2D eigenvalue weighted by Gasteiger charge is 2.49. The summed E-state index contributed by atoms with van der Waals surface area (Å²) in [6.07, 6.45) is 2.13. The molecule has 0 saturated carbocycles. The molecule has 10 nitrogen and oxygen atoms in total. The van der Waals surface area contributed by atoms with Gasteiger partial charge in [0.2, 0.25) is 5.88 Å². The molecule has 1 unspecified atom stereocenters. The van der Waals surface area contributed by atoms with Crippen molar-refractivity contribution in [1.82, 2.24) is 24.2 Å². The number of benzene rings is 1.